The molecule has 1 aromatic carbocycles. The summed E-state index contributed by atoms with van der Waals surface area (Å²) in [5.41, 5.74) is 0.728. The summed E-state index contributed by atoms with van der Waals surface area (Å²) in [6.45, 7) is 1.53. The summed E-state index contributed by atoms with van der Waals surface area (Å²) in [6.07, 6.45) is 4.22. The van der Waals surface area contributed by atoms with Gasteiger partial charge in [-0.05, 0) is 37.5 Å². The van der Waals surface area contributed by atoms with Crippen LogP contribution in [0.1, 0.15) is 19.3 Å². The van der Waals surface area contributed by atoms with E-state index in [1.165, 1.54) is 12.8 Å². The second kappa shape index (κ2) is 5.73. The number of carbonyl (C=O) groups excluding carboxylic acids is 1. The van der Waals surface area contributed by atoms with E-state index in [0.717, 1.165) is 31.5 Å². The first-order valence-corrected chi connectivity index (χ1v) is 6.66. The highest BCUT2D eigenvalue weighted by Crippen LogP contribution is 2.22. The summed E-state index contributed by atoms with van der Waals surface area (Å²) in [7, 11) is 0. The maximum Gasteiger partial charge on any atom is 0.415 e. The Hall–Kier alpha value is -2.37. The van der Waals surface area contributed by atoms with Gasteiger partial charge in [-0.2, -0.15) is 0 Å². The normalized spacial score (nSPS) is 15.1. The van der Waals surface area contributed by atoms with Crippen LogP contribution in [0.2, 0.25) is 0 Å². The minimum atomic E-state index is -0.299. The van der Waals surface area contributed by atoms with Crippen molar-refractivity contribution in [3.8, 4) is 17.2 Å². The van der Waals surface area contributed by atoms with E-state index in [1.54, 1.807) is 23.1 Å². The lowest BCUT2D eigenvalue weighted by Crippen LogP contribution is -2.37. The third-order valence-corrected chi connectivity index (χ3v) is 3.26. The molecule has 104 valence electrons. The Morgan fingerprint density at radius 2 is 2.10 bits per heavy atom. The Bertz CT molecular complexity index is 577. The van der Waals surface area contributed by atoms with Gasteiger partial charge in [0.05, 0.1) is 0 Å². The first-order valence-electron chi connectivity index (χ1n) is 6.66. The lowest BCUT2D eigenvalue weighted by molar-refractivity contribution is 0.142. The molecule has 20 heavy (non-hydrogen) atoms. The molecule has 1 saturated heterocycles. The zero-order chi connectivity index (χ0) is 13.8. The molecule has 3 rings (SSSR count). The average molecular weight is 273 g/mol. The van der Waals surface area contributed by atoms with Crippen molar-refractivity contribution in [3.05, 3.63) is 30.7 Å². The summed E-state index contributed by atoms with van der Waals surface area (Å²) in [4.78, 5) is 13.8. The van der Waals surface area contributed by atoms with Crippen LogP contribution in [0.5, 0.6) is 5.75 Å². The van der Waals surface area contributed by atoms with Gasteiger partial charge in [0, 0.05) is 18.7 Å². The van der Waals surface area contributed by atoms with Gasteiger partial charge in [0.15, 0.2) is 0 Å². The molecule has 6 nitrogen and oxygen atoms in total. The predicted octanol–water partition coefficient (Wildman–Crippen LogP) is 2.72. The highest BCUT2D eigenvalue weighted by atomic mass is 16.6. The maximum absolute atomic E-state index is 12.0. The lowest BCUT2D eigenvalue weighted by atomic mass is 10.1. The van der Waals surface area contributed by atoms with Crippen LogP contribution in [0, 0.1) is 0 Å². The first-order chi connectivity index (χ1) is 9.83. The van der Waals surface area contributed by atoms with Gasteiger partial charge in [-0.3, -0.25) is 0 Å². The molecule has 0 aliphatic carbocycles. The van der Waals surface area contributed by atoms with E-state index in [-0.39, 0.29) is 6.09 Å². The van der Waals surface area contributed by atoms with E-state index in [4.69, 9.17) is 9.15 Å². The zero-order valence-electron chi connectivity index (χ0n) is 11.0. The number of benzene rings is 1. The smallest absolute Gasteiger partial charge is 0.415 e. The standard InChI is InChI=1S/C14H15N3O3/c18-14(17-7-2-1-3-8-17)20-12-6-4-5-11(9-12)13-16-15-10-19-13/h4-6,9-10H,1-3,7-8H2. The van der Waals surface area contributed by atoms with Crippen LogP contribution >= 0.6 is 0 Å². The molecule has 0 unspecified atom stereocenters. The van der Waals surface area contributed by atoms with Crippen LogP contribution in [0.4, 0.5) is 4.79 Å². The summed E-state index contributed by atoms with van der Waals surface area (Å²) in [6, 6.07) is 7.07. The number of rotatable bonds is 2. The Morgan fingerprint density at radius 1 is 1.25 bits per heavy atom. The fraction of sp³-hybridized carbons (Fsp3) is 0.357. The fourth-order valence-electron chi connectivity index (χ4n) is 2.23. The molecule has 1 aliphatic rings. The number of carbonyl (C=O) groups is 1. The second-order valence-electron chi connectivity index (χ2n) is 4.69. The molecule has 0 N–H and O–H groups in total. The molecule has 0 atom stereocenters. The number of nitrogens with zero attached hydrogens (tertiary/aromatic N) is 3. The number of likely N-dealkylation sites (tertiary alicyclic amines) is 1. The van der Waals surface area contributed by atoms with Gasteiger partial charge in [-0.25, -0.2) is 4.79 Å². The van der Waals surface area contributed by atoms with E-state index in [0.29, 0.717) is 11.6 Å². The van der Waals surface area contributed by atoms with Crippen molar-refractivity contribution in [2.24, 2.45) is 0 Å². The lowest BCUT2D eigenvalue weighted by Gasteiger charge is -2.25. The van der Waals surface area contributed by atoms with Gasteiger partial charge in [-0.1, -0.05) is 6.07 Å². The molecule has 1 aromatic heterocycles. The third kappa shape index (κ3) is 2.79. The van der Waals surface area contributed by atoms with Crippen LogP contribution in [-0.2, 0) is 0 Å². The molecule has 6 heteroatoms. The van der Waals surface area contributed by atoms with Crippen molar-refractivity contribution in [1.82, 2.24) is 15.1 Å². The highest BCUT2D eigenvalue weighted by Gasteiger charge is 2.18. The summed E-state index contributed by atoms with van der Waals surface area (Å²) in [5, 5.41) is 7.46. The zero-order valence-corrected chi connectivity index (χ0v) is 11.0. The van der Waals surface area contributed by atoms with Crippen LogP contribution in [-0.4, -0.2) is 34.3 Å². The second-order valence-corrected chi connectivity index (χ2v) is 4.69. The molecule has 2 heterocycles. The van der Waals surface area contributed by atoms with Crippen LogP contribution < -0.4 is 4.74 Å². The Morgan fingerprint density at radius 3 is 2.85 bits per heavy atom. The molecular weight excluding hydrogens is 258 g/mol. The quantitative estimate of drug-likeness (QED) is 0.841. The van der Waals surface area contributed by atoms with Gasteiger partial charge in [0.2, 0.25) is 12.3 Å². The number of hydrogen-bond acceptors (Lipinski definition) is 5. The maximum atomic E-state index is 12.0. The molecule has 1 amide bonds. The van der Waals surface area contributed by atoms with E-state index >= 15 is 0 Å². The largest absolute Gasteiger partial charge is 0.423 e. The molecule has 0 spiro atoms. The van der Waals surface area contributed by atoms with E-state index in [9.17, 15) is 4.79 Å². The SMILES string of the molecule is O=C(Oc1cccc(-c2nnco2)c1)N1CCCCC1. The summed E-state index contributed by atoms with van der Waals surface area (Å²) >= 11 is 0. The van der Waals surface area contributed by atoms with Gasteiger partial charge in [0.25, 0.3) is 0 Å². The van der Waals surface area contributed by atoms with E-state index in [2.05, 4.69) is 10.2 Å². The number of hydrogen-bond donors (Lipinski definition) is 0. The molecular formula is C14H15N3O3. The van der Waals surface area contributed by atoms with Crippen molar-refractivity contribution in [2.75, 3.05) is 13.1 Å². The van der Waals surface area contributed by atoms with Crippen LogP contribution in [0.15, 0.2) is 35.1 Å². The minimum absolute atomic E-state index is 0.299. The van der Waals surface area contributed by atoms with E-state index < -0.39 is 0 Å². The van der Waals surface area contributed by atoms with Crippen molar-refractivity contribution in [3.63, 3.8) is 0 Å². The number of amides is 1. The topological polar surface area (TPSA) is 68.5 Å². The Kier molecular flexibility index (Phi) is 3.62. The predicted molar refractivity (Wildman–Crippen MR) is 71.2 cm³/mol. The number of aromatic nitrogens is 2. The first kappa shape index (κ1) is 12.7. The van der Waals surface area contributed by atoms with Gasteiger partial charge < -0.3 is 14.1 Å². The van der Waals surface area contributed by atoms with Crippen LogP contribution in [0.25, 0.3) is 11.5 Å². The molecule has 1 aliphatic heterocycles. The van der Waals surface area contributed by atoms with Gasteiger partial charge >= 0.3 is 6.09 Å². The third-order valence-electron chi connectivity index (χ3n) is 3.26. The van der Waals surface area contributed by atoms with Crippen molar-refractivity contribution >= 4 is 6.09 Å². The van der Waals surface area contributed by atoms with Crippen LogP contribution in [0.3, 0.4) is 0 Å². The molecule has 1 fully saturated rings. The summed E-state index contributed by atoms with van der Waals surface area (Å²) in [5.74, 6) is 0.886. The fourth-order valence-corrected chi connectivity index (χ4v) is 2.23. The van der Waals surface area contributed by atoms with Gasteiger partial charge in [0.1, 0.15) is 5.75 Å². The van der Waals surface area contributed by atoms with Crippen molar-refractivity contribution < 1.29 is 13.9 Å². The molecule has 0 radical (unpaired) electrons. The monoisotopic (exact) mass is 273 g/mol. The minimum Gasteiger partial charge on any atom is -0.423 e. The molecule has 2 aromatic rings. The summed E-state index contributed by atoms with van der Waals surface area (Å²) < 4.78 is 10.5. The number of piperidine rings is 1. The molecule has 0 saturated carbocycles. The molecule has 0 bridgehead atoms. The Labute approximate surface area is 116 Å². The van der Waals surface area contributed by atoms with Gasteiger partial charge in [-0.15, -0.1) is 10.2 Å². The highest BCUT2D eigenvalue weighted by molar-refractivity contribution is 5.71. The van der Waals surface area contributed by atoms with E-state index in [1.807, 2.05) is 6.07 Å². The van der Waals surface area contributed by atoms with Crippen molar-refractivity contribution in [1.29, 1.82) is 0 Å². The Balaban J connectivity index is 1.71. The number of ether oxygens (including phenoxy) is 1. The van der Waals surface area contributed by atoms with Crippen molar-refractivity contribution in [2.45, 2.75) is 19.3 Å². The average Bonchev–Trinajstić information content (AvgIpc) is 3.03.